The summed E-state index contributed by atoms with van der Waals surface area (Å²) >= 11 is 5.85. The van der Waals surface area contributed by atoms with Crippen LogP contribution in [0.1, 0.15) is 31.5 Å². The monoisotopic (exact) mass is 454 g/mol. The molecule has 0 aliphatic rings. The summed E-state index contributed by atoms with van der Waals surface area (Å²) in [4.78, 5) is 28.3. The first kappa shape index (κ1) is 23.3. The van der Waals surface area contributed by atoms with Crippen molar-refractivity contribution in [2.45, 2.75) is 33.2 Å². The zero-order valence-corrected chi connectivity index (χ0v) is 19.1. The lowest BCUT2D eigenvalue weighted by atomic mass is 10.0. The van der Waals surface area contributed by atoms with Gasteiger partial charge in [-0.3, -0.25) is 9.59 Å². The van der Waals surface area contributed by atoms with Crippen LogP contribution in [-0.2, 0) is 9.59 Å². The van der Waals surface area contributed by atoms with E-state index in [2.05, 4.69) is 20.8 Å². The average molecular weight is 455 g/mol. The number of aromatic nitrogens is 1. The van der Waals surface area contributed by atoms with Gasteiger partial charge in [-0.1, -0.05) is 43.6 Å². The fourth-order valence-corrected chi connectivity index (χ4v) is 3.45. The number of H-pyrrole nitrogens is 1. The molecule has 0 radical (unpaired) electrons. The molecule has 1 heterocycles. The van der Waals surface area contributed by atoms with E-state index >= 15 is 0 Å². The molecule has 0 spiro atoms. The number of fused-ring (bicyclic) bond motifs is 1. The van der Waals surface area contributed by atoms with Gasteiger partial charge in [0.15, 0.2) is 6.61 Å². The molecule has 8 heteroatoms. The van der Waals surface area contributed by atoms with Gasteiger partial charge in [-0.05, 0) is 49.6 Å². The summed E-state index contributed by atoms with van der Waals surface area (Å²) in [5, 5.41) is 8.46. The second-order valence-electron chi connectivity index (χ2n) is 7.94. The number of hydrazone groups is 1. The number of rotatable bonds is 9. The first-order valence-corrected chi connectivity index (χ1v) is 10.8. The van der Waals surface area contributed by atoms with E-state index in [0.29, 0.717) is 17.2 Å². The zero-order valence-electron chi connectivity index (χ0n) is 18.3. The first-order valence-electron chi connectivity index (χ1n) is 10.4. The number of halogens is 1. The Labute approximate surface area is 192 Å². The maximum absolute atomic E-state index is 12.7. The molecule has 32 heavy (non-hydrogen) atoms. The van der Waals surface area contributed by atoms with Crippen LogP contribution in [0, 0.1) is 12.8 Å². The third kappa shape index (κ3) is 6.34. The lowest BCUT2D eigenvalue weighted by molar-refractivity contribution is -0.130. The van der Waals surface area contributed by atoms with Crippen LogP contribution in [0.2, 0.25) is 5.02 Å². The molecule has 0 saturated heterocycles. The van der Waals surface area contributed by atoms with E-state index in [4.69, 9.17) is 16.3 Å². The van der Waals surface area contributed by atoms with Crippen LogP contribution in [0.3, 0.4) is 0 Å². The summed E-state index contributed by atoms with van der Waals surface area (Å²) in [7, 11) is 0. The van der Waals surface area contributed by atoms with E-state index in [1.807, 2.05) is 45.0 Å². The molecule has 0 aliphatic heterocycles. The van der Waals surface area contributed by atoms with Gasteiger partial charge in [0.05, 0.1) is 6.21 Å². The Morgan fingerprint density at radius 2 is 1.88 bits per heavy atom. The molecule has 0 aliphatic carbocycles. The van der Waals surface area contributed by atoms with Crippen molar-refractivity contribution in [2.75, 3.05) is 6.61 Å². The highest BCUT2D eigenvalue weighted by atomic mass is 35.5. The van der Waals surface area contributed by atoms with Gasteiger partial charge in [-0.15, -0.1) is 0 Å². The Morgan fingerprint density at radius 1 is 1.16 bits per heavy atom. The van der Waals surface area contributed by atoms with E-state index in [1.165, 1.54) is 0 Å². The van der Waals surface area contributed by atoms with E-state index in [1.54, 1.807) is 30.5 Å². The zero-order chi connectivity index (χ0) is 23.1. The van der Waals surface area contributed by atoms with Gasteiger partial charge in [0.2, 0.25) is 0 Å². The molecule has 0 unspecified atom stereocenters. The molecule has 0 bridgehead atoms. The third-order valence-corrected chi connectivity index (χ3v) is 5.11. The Balaban J connectivity index is 1.59. The average Bonchev–Trinajstić information content (AvgIpc) is 3.07. The summed E-state index contributed by atoms with van der Waals surface area (Å²) in [6, 6.07) is 13.9. The lowest BCUT2D eigenvalue weighted by Crippen LogP contribution is -2.47. The molecule has 168 valence electrons. The van der Waals surface area contributed by atoms with Gasteiger partial charge >= 0.3 is 0 Å². The molecular weight excluding hydrogens is 428 g/mol. The van der Waals surface area contributed by atoms with Crippen LogP contribution in [0.25, 0.3) is 10.9 Å². The number of ether oxygens (including phenoxy) is 1. The number of para-hydroxylation sites is 1. The van der Waals surface area contributed by atoms with E-state index in [-0.39, 0.29) is 18.4 Å². The Bertz CT molecular complexity index is 1110. The SMILES string of the molecule is Cc1[nH]c2ccccc2c1/C=N\NC(=O)[C@@H](CC(C)C)NC(=O)COc1ccc(Cl)cc1. The fourth-order valence-electron chi connectivity index (χ4n) is 3.32. The number of carbonyl (C=O) groups is 2. The summed E-state index contributed by atoms with van der Waals surface area (Å²) in [6.07, 6.45) is 2.09. The molecule has 3 rings (SSSR count). The minimum atomic E-state index is -0.725. The minimum absolute atomic E-state index is 0.197. The summed E-state index contributed by atoms with van der Waals surface area (Å²) < 4.78 is 5.46. The van der Waals surface area contributed by atoms with Crippen LogP contribution in [0.4, 0.5) is 0 Å². The van der Waals surface area contributed by atoms with Gasteiger partial charge < -0.3 is 15.0 Å². The van der Waals surface area contributed by atoms with Gasteiger partial charge in [-0.2, -0.15) is 5.10 Å². The molecule has 3 N–H and O–H groups in total. The van der Waals surface area contributed by atoms with Crippen molar-refractivity contribution in [2.24, 2.45) is 11.0 Å². The first-order chi connectivity index (χ1) is 15.3. The molecular formula is C24H27ClN4O3. The summed E-state index contributed by atoms with van der Waals surface area (Å²) in [6.45, 7) is 5.71. The number of hydrogen-bond donors (Lipinski definition) is 3. The molecule has 2 amide bonds. The molecule has 0 fully saturated rings. The van der Waals surface area contributed by atoms with Crippen molar-refractivity contribution in [1.82, 2.24) is 15.7 Å². The Kier molecular flexibility index (Phi) is 7.89. The third-order valence-electron chi connectivity index (χ3n) is 4.85. The summed E-state index contributed by atoms with van der Waals surface area (Å²) in [5.41, 5.74) is 5.41. The number of benzene rings is 2. The molecule has 1 atom stereocenters. The van der Waals surface area contributed by atoms with Crippen molar-refractivity contribution in [1.29, 1.82) is 0 Å². The molecule has 3 aromatic rings. The Morgan fingerprint density at radius 3 is 2.59 bits per heavy atom. The van der Waals surface area contributed by atoms with Crippen LogP contribution < -0.4 is 15.5 Å². The summed E-state index contributed by atoms with van der Waals surface area (Å²) in [5.74, 6) is -0.0549. The van der Waals surface area contributed by atoms with E-state index in [0.717, 1.165) is 22.2 Å². The maximum Gasteiger partial charge on any atom is 0.262 e. The number of hydrogen-bond acceptors (Lipinski definition) is 4. The van der Waals surface area contributed by atoms with Gasteiger partial charge in [0.1, 0.15) is 11.8 Å². The highest BCUT2D eigenvalue weighted by Crippen LogP contribution is 2.20. The van der Waals surface area contributed by atoms with Gasteiger partial charge in [0, 0.05) is 27.2 Å². The highest BCUT2D eigenvalue weighted by molar-refractivity contribution is 6.30. The number of carbonyl (C=O) groups excluding carboxylic acids is 2. The fraction of sp³-hybridized carbons (Fsp3) is 0.292. The van der Waals surface area contributed by atoms with E-state index in [9.17, 15) is 9.59 Å². The van der Waals surface area contributed by atoms with E-state index < -0.39 is 11.9 Å². The molecule has 2 aromatic carbocycles. The van der Waals surface area contributed by atoms with Crippen LogP contribution >= 0.6 is 11.6 Å². The number of nitrogens with zero attached hydrogens (tertiary/aromatic N) is 1. The highest BCUT2D eigenvalue weighted by Gasteiger charge is 2.22. The number of amides is 2. The maximum atomic E-state index is 12.7. The van der Waals surface area contributed by atoms with Crippen molar-refractivity contribution >= 4 is 40.5 Å². The predicted molar refractivity (Wildman–Crippen MR) is 127 cm³/mol. The van der Waals surface area contributed by atoms with Gasteiger partial charge in [0.25, 0.3) is 11.8 Å². The topological polar surface area (TPSA) is 95.6 Å². The minimum Gasteiger partial charge on any atom is -0.484 e. The molecule has 1 aromatic heterocycles. The molecule has 7 nitrogen and oxygen atoms in total. The lowest BCUT2D eigenvalue weighted by Gasteiger charge is -2.19. The second kappa shape index (κ2) is 10.8. The standard InChI is InChI=1S/C24H27ClN4O3/c1-15(2)12-22(28-23(30)14-32-18-10-8-17(25)9-11-18)24(31)29-26-13-20-16(3)27-21-7-5-4-6-19(20)21/h4-11,13,15,22,27H,12,14H2,1-3H3,(H,28,30)(H,29,31)/b26-13-/t22-/m1/s1. The van der Waals surface area contributed by atoms with Crippen molar-refractivity contribution in [3.8, 4) is 5.75 Å². The number of aromatic amines is 1. The normalized spacial score (nSPS) is 12.3. The Hall–Kier alpha value is -3.32. The van der Waals surface area contributed by atoms with Crippen molar-refractivity contribution in [3.63, 3.8) is 0 Å². The van der Waals surface area contributed by atoms with Crippen LogP contribution in [-0.4, -0.2) is 35.7 Å². The number of aryl methyl sites for hydroxylation is 1. The molecule has 0 saturated carbocycles. The quantitative estimate of drug-likeness (QED) is 0.334. The number of nitrogens with one attached hydrogen (secondary N) is 3. The van der Waals surface area contributed by atoms with Crippen molar-refractivity contribution in [3.05, 3.63) is 64.8 Å². The second-order valence-corrected chi connectivity index (χ2v) is 8.37. The largest absolute Gasteiger partial charge is 0.484 e. The predicted octanol–water partition coefficient (Wildman–Crippen LogP) is 4.19. The van der Waals surface area contributed by atoms with Crippen LogP contribution in [0.5, 0.6) is 5.75 Å². The van der Waals surface area contributed by atoms with Crippen molar-refractivity contribution < 1.29 is 14.3 Å². The van der Waals surface area contributed by atoms with Gasteiger partial charge in [-0.25, -0.2) is 5.43 Å². The van der Waals surface area contributed by atoms with Crippen LogP contribution in [0.15, 0.2) is 53.6 Å². The smallest absolute Gasteiger partial charge is 0.262 e.